The summed E-state index contributed by atoms with van der Waals surface area (Å²) in [6, 6.07) is 9.89. The van der Waals surface area contributed by atoms with E-state index in [2.05, 4.69) is 17.6 Å². The lowest BCUT2D eigenvalue weighted by atomic mass is 9.93. The molecule has 0 atom stereocenters. The Morgan fingerprint density at radius 1 is 1.13 bits per heavy atom. The molecule has 0 spiro atoms. The predicted octanol–water partition coefficient (Wildman–Crippen LogP) is 2.18. The summed E-state index contributed by atoms with van der Waals surface area (Å²) in [7, 11) is 1.65. The van der Waals surface area contributed by atoms with Crippen LogP contribution in [0.1, 0.15) is 29.5 Å². The summed E-state index contributed by atoms with van der Waals surface area (Å²) in [6.07, 6.45) is 8.96. The van der Waals surface area contributed by atoms with E-state index in [0.29, 0.717) is 13.1 Å². The van der Waals surface area contributed by atoms with Gasteiger partial charge in [-0.25, -0.2) is 0 Å². The van der Waals surface area contributed by atoms with Crippen LogP contribution in [0.5, 0.6) is 5.75 Å². The molecule has 1 amide bonds. The fraction of sp³-hybridized carbons (Fsp3) is 0.368. The molecule has 1 aromatic heterocycles. The lowest BCUT2D eigenvalue weighted by Crippen LogP contribution is -2.43. The Labute approximate surface area is 137 Å². The Bertz CT molecular complexity index is 680. The molecule has 0 radical (unpaired) electrons. The molecule has 0 aliphatic heterocycles. The molecule has 1 aromatic carbocycles. The van der Waals surface area contributed by atoms with E-state index in [0.717, 1.165) is 17.7 Å². The molecule has 0 unspecified atom stereocenters. The maximum Gasteiger partial charge on any atom is 0.286 e. The maximum absolute atomic E-state index is 12.1. The topological polar surface area (TPSA) is 42.2 Å². The van der Waals surface area contributed by atoms with E-state index in [9.17, 15) is 4.79 Å². The second-order valence-corrected chi connectivity index (χ2v) is 6.00. The van der Waals surface area contributed by atoms with Crippen LogP contribution in [-0.2, 0) is 30.7 Å². The highest BCUT2D eigenvalue weighted by molar-refractivity contribution is 5.74. The molecule has 0 bridgehead atoms. The zero-order valence-corrected chi connectivity index (χ0v) is 13.5. The molecule has 1 aliphatic carbocycles. The van der Waals surface area contributed by atoms with Crippen molar-refractivity contribution in [2.24, 2.45) is 0 Å². The first-order chi connectivity index (χ1) is 11.2. The van der Waals surface area contributed by atoms with Gasteiger partial charge in [-0.05, 0) is 48.9 Å². The van der Waals surface area contributed by atoms with Gasteiger partial charge in [0, 0.05) is 18.2 Å². The van der Waals surface area contributed by atoms with Gasteiger partial charge >= 0.3 is 0 Å². The normalized spacial score (nSPS) is 13.3. The largest absolute Gasteiger partial charge is 0.497 e. The second kappa shape index (κ2) is 7.27. The highest BCUT2D eigenvalue weighted by Gasteiger charge is 2.15. The number of nitrogens with zero attached hydrogens (tertiary/aromatic N) is 1. The number of benzene rings is 1. The van der Waals surface area contributed by atoms with Crippen LogP contribution in [0.4, 0.5) is 0 Å². The van der Waals surface area contributed by atoms with Crippen LogP contribution in [0.3, 0.4) is 0 Å². The maximum atomic E-state index is 12.1. The summed E-state index contributed by atoms with van der Waals surface area (Å²) in [5.74, 6) is 0.853. The molecular formula is C19H23N2O2+. The molecule has 0 fully saturated rings. The van der Waals surface area contributed by atoms with E-state index in [-0.39, 0.29) is 5.91 Å². The number of aromatic nitrogens is 1. The number of hydrogen-bond acceptors (Lipinski definition) is 2. The third-order valence-corrected chi connectivity index (χ3v) is 4.32. The van der Waals surface area contributed by atoms with E-state index in [1.54, 1.807) is 7.11 Å². The Hall–Kier alpha value is -2.36. The van der Waals surface area contributed by atoms with E-state index in [1.165, 1.54) is 30.4 Å². The van der Waals surface area contributed by atoms with Crippen molar-refractivity contribution in [3.63, 3.8) is 0 Å². The number of amides is 1. The smallest absolute Gasteiger partial charge is 0.286 e. The van der Waals surface area contributed by atoms with Gasteiger partial charge in [-0.3, -0.25) is 4.79 Å². The van der Waals surface area contributed by atoms with Crippen molar-refractivity contribution in [3.8, 4) is 5.75 Å². The standard InChI is InChI=1S/C19H22N2O2/c1-23-18-8-6-15(7-9-18)12-20-19(22)14-21-11-10-16-4-2-3-5-17(16)13-21/h6-11,13H,2-5,12,14H2,1H3/p+1. The summed E-state index contributed by atoms with van der Waals surface area (Å²) in [5, 5.41) is 2.96. The summed E-state index contributed by atoms with van der Waals surface area (Å²) in [5.41, 5.74) is 3.89. The summed E-state index contributed by atoms with van der Waals surface area (Å²) >= 11 is 0. The van der Waals surface area contributed by atoms with Gasteiger partial charge in [0.05, 0.1) is 7.11 Å². The molecular weight excluding hydrogens is 288 g/mol. The number of methoxy groups -OCH3 is 1. The third-order valence-electron chi connectivity index (χ3n) is 4.32. The number of pyridine rings is 1. The van der Waals surface area contributed by atoms with Gasteiger partial charge in [0.25, 0.3) is 5.91 Å². The molecule has 23 heavy (non-hydrogen) atoms. The molecule has 1 heterocycles. The summed E-state index contributed by atoms with van der Waals surface area (Å²) in [6.45, 7) is 0.901. The van der Waals surface area contributed by atoms with Gasteiger partial charge in [-0.1, -0.05) is 12.1 Å². The minimum Gasteiger partial charge on any atom is -0.497 e. The van der Waals surface area contributed by atoms with Crippen LogP contribution in [0.25, 0.3) is 0 Å². The molecule has 1 N–H and O–H groups in total. The van der Waals surface area contributed by atoms with Crippen molar-refractivity contribution < 1.29 is 14.1 Å². The van der Waals surface area contributed by atoms with Gasteiger partial charge in [-0.2, -0.15) is 4.57 Å². The van der Waals surface area contributed by atoms with Gasteiger partial charge < -0.3 is 10.1 Å². The Balaban J connectivity index is 1.54. The highest BCUT2D eigenvalue weighted by Crippen LogP contribution is 2.18. The van der Waals surface area contributed by atoms with Crippen molar-refractivity contribution in [1.29, 1.82) is 0 Å². The number of rotatable bonds is 5. The van der Waals surface area contributed by atoms with Crippen LogP contribution in [0.15, 0.2) is 42.7 Å². The molecule has 2 aromatic rings. The fourth-order valence-corrected chi connectivity index (χ4v) is 2.98. The second-order valence-electron chi connectivity index (χ2n) is 6.00. The SMILES string of the molecule is COc1ccc(CNC(=O)C[n+]2ccc3c(c2)CCCC3)cc1. The number of carbonyl (C=O) groups excluding carboxylic acids is 1. The van der Waals surface area contributed by atoms with Gasteiger partial charge in [0.15, 0.2) is 12.4 Å². The molecule has 120 valence electrons. The Kier molecular flexibility index (Phi) is 4.91. The fourth-order valence-electron chi connectivity index (χ4n) is 2.98. The molecule has 1 aliphatic rings. The van der Waals surface area contributed by atoms with E-state index in [1.807, 2.05) is 35.0 Å². The van der Waals surface area contributed by atoms with Gasteiger partial charge in [0.1, 0.15) is 5.75 Å². The molecule has 3 rings (SSSR count). The van der Waals surface area contributed by atoms with Crippen molar-refractivity contribution in [3.05, 3.63) is 59.4 Å². The van der Waals surface area contributed by atoms with E-state index in [4.69, 9.17) is 4.74 Å². The van der Waals surface area contributed by atoms with Crippen molar-refractivity contribution in [2.75, 3.05) is 7.11 Å². The number of ether oxygens (including phenoxy) is 1. The van der Waals surface area contributed by atoms with E-state index < -0.39 is 0 Å². The first-order valence-corrected chi connectivity index (χ1v) is 8.15. The minimum absolute atomic E-state index is 0.0292. The summed E-state index contributed by atoms with van der Waals surface area (Å²) in [4.78, 5) is 12.1. The quantitative estimate of drug-likeness (QED) is 0.860. The van der Waals surface area contributed by atoms with Gasteiger partial charge in [-0.15, -0.1) is 0 Å². The number of carbonyl (C=O) groups is 1. The van der Waals surface area contributed by atoms with Crippen LogP contribution < -0.4 is 14.6 Å². The molecule has 4 heteroatoms. The first kappa shape index (κ1) is 15.5. The number of hydrogen-bond donors (Lipinski definition) is 1. The van der Waals surface area contributed by atoms with Crippen LogP contribution in [0.2, 0.25) is 0 Å². The Morgan fingerprint density at radius 2 is 1.87 bits per heavy atom. The predicted molar refractivity (Wildman–Crippen MR) is 88.1 cm³/mol. The highest BCUT2D eigenvalue weighted by atomic mass is 16.5. The number of fused-ring (bicyclic) bond motifs is 1. The Morgan fingerprint density at radius 3 is 2.61 bits per heavy atom. The molecule has 4 nitrogen and oxygen atoms in total. The monoisotopic (exact) mass is 311 g/mol. The van der Waals surface area contributed by atoms with E-state index >= 15 is 0 Å². The van der Waals surface area contributed by atoms with Crippen LogP contribution in [-0.4, -0.2) is 13.0 Å². The number of nitrogens with one attached hydrogen (secondary N) is 1. The van der Waals surface area contributed by atoms with Crippen molar-refractivity contribution in [1.82, 2.24) is 5.32 Å². The minimum atomic E-state index is 0.0292. The third kappa shape index (κ3) is 4.09. The average molecular weight is 311 g/mol. The van der Waals surface area contributed by atoms with Crippen molar-refractivity contribution in [2.45, 2.75) is 38.8 Å². The van der Waals surface area contributed by atoms with Crippen molar-refractivity contribution >= 4 is 5.91 Å². The molecule has 0 saturated heterocycles. The average Bonchev–Trinajstić information content (AvgIpc) is 2.60. The van der Waals surface area contributed by atoms with Crippen LogP contribution >= 0.6 is 0 Å². The lowest BCUT2D eigenvalue weighted by molar-refractivity contribution is -0.685. The van der Waals surface area contributed by atoms with Gasteiger partial charge in [0.2, 0.25) is 6.54 Å². The zero-order valence-electron chi connectivity index (χ0n) is 13.5. The number of aryl methyl sites for hydroxylation is 2. The first-order valence-electron chi connectivity index (χ1n) is 8.15. The summed E-state index contributed by atoms with van der Waals surface area (Å²) < 4.78 is 7.11. The molecule has 0 saturated carbocycles. The van der Waals surface area contributed by atoms with Crippen LogP contribution in [0, 0.1) is 0 Å². The lowest BCUT2D eigenvalue weighted by Gasteiger charge is -2.13. The zero-order chi connectivity index (χ0) is 16.1.